The number of amides is 1. The number of hydrogen-bond acceptors (Lipinski definition) is 4. The van der Waals surface area contributed by atoms with Crippen LogP contribution in [0.5, 0.6) is 0 Å². The fraction of sp³-hybridized carbons (Fsp3) is 0.909. The van der Waals surface area contributed by atoms with Gasteiger partial charge >= 0.3 is 6.09 Å². The topological polar surface area (TPSA) is 76.1 Å². The number of carbonyl (C=O) groups is 1. The van der Waals surface area contributed by atoms with Crippen LogP contribution in [0.3, 0.4) is 0 Å². The molecule has 0 bridgehead atoms. The average molecular weight is 309 g/mol. The van der Waals surface area contributed by atoms with Gasteiger partial charge in [0, 0.05) is 6.61 Å². The predicted molar refractivity (Wildman–Crippen MR) is 75.5 cm³/mol. The first-order valence-corrected chi connectivity index (χ1v) is 10.2. The van der Waals surface area contributed by atoms with Gasteiger partial charge in [0.25, 0.3) is 11.3 Å². The van der Waals surface area contributed by atoms with Crippen molar-refractivity contribution in [2.75, 3.05) is 13.2 Å². The lowest BCUT2D eigenvalue weighted by Gasteiger charge is -2.36. The Bertz CT molecular complexity index is 369. The molecular formula is C11H23NO5SSi. The summed E-state index contributed by atoms with van der Waals surface area (Å²) in [4.78, 5) is 11.0. The molecule has 0 aliphatic carbocycles. The van der Waals surface area contributed by atoms with Crippen molar-refractivity contribution in [1.82, 2.24) is 4.31 Å². The van der Waals surface area contributed by atoms with E-state index in [-0.39, 0.29) is 17.7 Å². The Labute approximate surface area is 118 Å². The van der Waals surface area contributed by atoms with Crippen molar-refractivity contribution in [1.29, 1.82) is 0 Å². The summed E-state index contributed by atoms with van der Waals surface area (Å²) < 4.78 is 23.0. The largest absolute Gasteiger partial charge is 0.464 e. The molecule has 0 saturated carbocycles. The van der Waals surface area contributed by atoms with Crippen molar-refractivity contribution in [3.05, 3.63) is 0 Å². The van der Waals surface area contributed by atoms with Crippen LogP contribution in [0.4, 0.5) is 4.79 Å². The number of rotatable bonds is 4. The molecule has 0 aromatic rings. The highest BCUT2D eigenvalue weighted by Crippen LogP contribution is 2.36. The third-order valence-corrected chi connectivity index (χ3v) is 9.41. The van der Waals surface area contributed by atoms with E-state index in [1.807, 2.05) is 0 Å². The second-order valence-corrected chi connectivity index (χ2v) is 12.0. The van der Waals surface area contributed by atoms with Gasteiger partial charge in [-0.2, -0.15) is 4.31 Å². The number of hydrogen-bond donors (Lipinski definition) is 1. The molecule has 1 aliphatic rings. The molecule has 0 aromatic carbocycles. The first kappa shape index (κ1) is 16.6. The van der Waals surface area contributed by atoms with E-state index in [1.165, 1.54) is 0 Å². The normalized spacial score (nSPS) is 24.8. The summed E-state index contributed by atoms with van der Waals surface area (Å²) >= 11 is -1.87. The Hall–Kier alpha value is -0.443. The van der Waals surface area contributed by atoms with Crippen molar-refractivity contribution in [2.24, 2.45) is 0 Å². The zero-order valence-electron chi connectivity index (χ0n) is 12.1. The van der Waals surface area contributed by atoms with Gasteiger partial charge in [0.1, 0.15) is 0 Å². The Kier molecular flexibility index (Phi) is 5.16. The van der Waals surface area contributed by atoms with E-state index in [4.69, 9.17) is 13.7 Å². The minimum Gasteiger partial charge on any atom is -0.464 e. The van der Waals surface area contributed by atoms with Gasteiger partial charge in [-0.25, -0.2) is 9.00 Å². The molecule has 1 rings (SSSR count). The van der Waals surface area contributed by atoms with Crippen LogP contribution in [0.2, 0.25) is 18.1 Å². The van der Waals surface area contributed by atoms with Gasteiger partial charge in [-0.15, -0.1) is 0 Å². The van der Waals surface area contributed by atoms with Gasteiger partial charge in [0.15, 0.2) is 8.32 Å². The van der Waals surface area contributed by atoms with E-state index in [9.17, 15) is 9.00 Å². The van der Waals surface area contributed by atoms with Gasteiger partial charge in [0.2, 0.25) is 0 Å². The van der Waals surface area contributed by atoms with Gasteiger partial charge in [0.05, 0.1) is 12.6 Å². The van der Waals surface area contributed by atoms with Crippen LogP contribution in [0.1, 0.15) is 27.2 Å². The van der Waals surface area contributed by atoms with Gasteiger partial charge in [-0.3, -0.25) is 4.18 Å². The standard InChI is InChI=1S/C11H23NO5SSi/c1-11(2,3)19(4,5)17-7-6-9-8-16-18(15)12(9)10(13)14/h9H,6-8H2,1-5H3,(H,13,14). The Morgan fingerprint density at radius 2 is 2.11 bits per heavy atom. The Morgan fingerprint density at radius 1 is 1.53 bits per heavy atom. The second kappa shape index (κ2) is 5.90. The van der Waals surface area contributed by atoms with E-state index < -0.39 is 25.7 Å². The minimum atomic E-state index is -1.87. The second-order valence-electron chi connectivity index (χ2n) is 6.16. The molecule has 0 spiro atoms. The lowest BCUT2D eigenvalue weighted by Crippen LogP contribution is -2.42. The summed E-state index contributed by atoms with van der Waals surface area (Å²) in [7, 11) is -1.83. The van der Waals surface area contributed by atoms with Crippen molar-refractivity contribution in [3.63, 3.8) is 0 Å². The molecule has 1 N–H and O–H groups in total. The van der Waals surface area contributed by atoms with Crippen molar-refractivity contribution < 1.29 is 22.7 Å². The maximum Gasteiger partial charge on any atom is 0.421 e. The maximum atomic E-state index is 11.3. The monoisotopic (exact) mass is 309 g/mol. The maximum absolute atomic E-state index is 11.3. The highest BCUT2D eigenvalue weighted by Gasteiger charge is 2.39. The van der Waals surface area contributed by atoms with E-state index >= 15 is 0 Å². The third-order valence-electron chi connectivity index (χ3n) is 3.76. The summed E-state index contributed by atoms with van der Waals surface area (Å²) in [6.45, 7) is 11.4. The molecular weight excluding hydrogens is 286 g/mol. The van der Waals surface area contributed by atoms with Crippen LogP contribution in [0.25, 0.3) is 0 Å². The molecule has 2 unspecified atom stereocenters. The fourth-order valence-corrected chi connectivity index (χ4v) is 3.46. The zero-order chi connectivity index (χ0) is 14.8. The molecule has 1 saturated heterocycles. The SMILES string of the molecule is CC(C)(C)[Si](C)(C)OCCC1COS(=O)N1C(=O)O. The van der Waals surface area contributed by atoms with Gasteiger partial charge in [-0.1, -0.05) is 20.8 Å². The van der Waals surface area contributed by atoms with Crippen molar-refractivity contribution >= 4 is 25.7 Å². The van der Waals surface area contributed by atoms with Crippen LogP contribution in [0, 0.1) is 0 Å². The van der Waals surface area contributed by atoms with Gasteiger partial charge < -0.3 is 9.53 Å². The lowest BCUT2D eigenvalue weighted by molar-refractivity contribution is 0.157. The lowest BCUT2D eigenvalue weighted by atomic mass is 10.2. The molecule has 0 radical (unpaired) electrons. The van der Waals surface area contributed by atoms with Gasteiger partial charge in [-0.05, 0) is 24.6 Å². The quantitative estimate of drug-likeness (QED) is 0.807. The molecule has 1 amide bonds. The van der Waals surface area contributed by atoms with Crippen LogP contribution >= 0.6 is 0 Å². The predicted octanol–water partition coefficient (Wildman–Crippen LogP) is 2.36. The first-order chi connectivity index (χ1) is 8.56. The van der Waals surface area contributed by atoms with E-state index in [0.29, 0.717) is 13.0 Å². The first-order valence-electron chi connectivity index (χ1n) is 6.27. The molecule has 1 aliphatic heterocycles. The zero-order valence-corrected chi connectivity index (χ0v) is 14.0. The molecule has 0 aromatic heterocycles. The van der Waals surface area contributed by atoms with Crippen LogP contribution < -0.4 is 0 Å². The van der Waals surface area contributed by atoms with Crippen molar-refractivity contribution in [3.8, 4) is 0 Å². The summed E-state index contributed by atoms with van der Waals surface area (Å²) in [5.41, 5.74) is 0. The molecule has 6 nitrogen and oxygen atoms in total. The van der Waals surface area contributed by atoms with Crippen LogP contribution in [0.15, 0.2) is 0 Å². The van der Waals surface area contributed by atoms with Crippen LogP contribution in [-0.2, 0) is 19.9 Å². The molecule has 1 fully saturated rings. The third kappa shape index (κ3) is 4.01. The van der Waals surface area contributed by atoms with E-state index in [2.05, 4.69) is 33.9 Å². The molecule has 2 atom stereocenters. The number of carboxylic acid groups (broad SMARTS) is 1. The van der Waals surface area contributed by atoms with E-state index in [0.717, 1.165) is 4.31 Å². The molecule has 19 heavy (non-hydrogen) atoms. The Balaban J connectivity index is 2.50. The number of nitrogens with zero attached hydrogens (tertiary/aromatic N) is 1. The summed E-state index contributed by atoms with van der Waals surface area (Å²) in [6.07, 6.45) is -0.710. The molecule has 1 heterocycles. The molecule has 112 valence electrons. The van der Waals surface area contributed by atoms with E-state index in [1.54, 1.807) is 0 Å². The smallest absolute Gasteiger partial charge is 0.421 e. The van der Waals surface area contributed by atoms with Crippen LogP contribution in [-0.4, -0.2) is 47.3 Å². The minimum absolute atomic E-state index is 0.120. The summed E-state index contributed by atoms with van der Waals surface area (Å²) in [5.74, 6) is 0. The highest BCUT2D eigenvalue weighted by molar-refractivity contribution is 7.78. The Morgan fingerprint density at radius 3 is 2.58 bits per heavy atom. The fourth-order valence-electron chi connectivity index (χ4n) is 1.47. The summed E-state index contributed by atoms with van der Waals surface area (Å²) in [5, 5.41) is 9.08. The summed E-state index contributed by atoms with van der Waals surface area (Å²) in [6, 6.07) is -0.386. The average Bonchev–Trinajstić information content (AvgIpc) is 2.57. The highest BCUT2D eigenvalue weighted by atomic mass is 32.2. The molecule has 8 heteroatoms. The van der Waals surface area contributed by atoms with Crippen molar-refractivity contribution in [2.45, 2.75) is 51.4 Å².